The second-order valence-corrected chi connectivity index (χ2v) is 7.97. The van der Waals surface area contributed by atoms with Gasteiger partial charge in [-0.05, 0) is 60.7 Å². The highest BCUT2D eigenvalue weighted by molar-refractivity contribution is 6.30. The zero-order chi connectivity index (χ0) is 21.8. The Bertz CT molecular complexity index is 1120. The molecule has 0 bridgehead atoms. The summed E-state index contributed by atoms with van der Waals surface area (Å²) < 4.78 is 10.9. The van der Waals surface area contributed by atoms with Gasteiger partial charge in [0.2, 0.25) is 0 Å². The number of aromatic nitrogens is 1. The van der Waals surface area contributed by atoms with E-state index in [1.54, 1.807) is 42.3 Å². The smallest absolute Gasteiger partial charge is 0.322 e. The SMILES string of the molecule is COc1ccc2cc(CN(C[C@@H]3CCCO3)C(=O)Nc3ccc(Cl)cc3)c(=O)[nH]c2c1. The third-order valence-corrected chi connectivity index (χ3v) is 5.57. The summed E-state index contributed by atoms with van der Waals surface area (Å²) in [7, 11) is 1.58. The number of methoxy groups -OCH3 is 1. The summed E-state index contributed by atoms with van der Waals surface area (Å²) in [6.45, 7) is 1.26. The average molecular weight is 442 g/mol. The highest BCUT2D eigenvalue weighted by Crippen LogP contribution is 2.21. The molecule has 0 aliphatic carbocycles. The molecule has 162 valence electrons. The number of benzene rings is 2. The molecule has 0 saturated carbocycles. The van der Waals surface area contributed by atoms with Crippen molar-refractivity contribution in [3.63, 3.8) is 0 Å². The van der Waals surface area contributed by atoms with Gasteiger partial charge in [-0.3, -0.25) is 4.79 Å². The van der Waals surface area contributed by atoms with Crippen molar-refractivity contribution in [3.8, 4) is 5.75 Å². The quantitative estimate of drug-likeness (QED) is 0.593. The van der Waals surface area contributed by atoms with E-state index in [9.17, 15) is 9.59 Å². The fourth-order valence-corrected chi connectivity index (χ4v) is 3.79. The van der Waals surface area contributed by atoms with Crippen LogP contribution in [0.2, 0.25) is 5.02 Å². The van der Waals surface area contributed by atoms with Crippen molar-refractivity contribution in [3.05, 3.63) is 69.5 Å². The van der Waals surface area contributed by atoms with Crippen molar-refractivity contribution in [2.75, 3.05) is 25.6 Å². The Balaban J connectivity index is 1.58. The molecule has 1 aromatic heterocycles. The molecule has 1 saturated heterocycles. The standard InChI is InChI=1S/C23H24ClN3O4/c1-30-19-9-4-15-11-16(22(28)26-21(15)12-19)13-27(14-20-3-2-10-31-20)23(29)25-18-7-5-17(24)6-8-18/h4-9,11-12,20H,2-3,10,13-14H2,1H3,(H,25,29)(H,26,28)/t20-/m0/s1. The number of amides is 2. The topological polar surface area (TPSA) is 83.7 Å². The average Bonchev–Trinajstić information content (AvgIpc) is 3.28. The molecule has 0 spiro atoms. The van der Waals surface area contributed by atoms with Gasteiger partial charge in [-0.2, -0.15) is 0 Å². The summed E-state index contributed by atoms with van der Waals surface area (Å²) in [5.74, 6) is 0.665. The number of pyridine rings is 1. The molecule has 8 heteroatoms. The molecule has 1 aliphatic rings. The van der Waals surface area contributed by atoms with E-state index in [0.29, 0.717) is 40.7 Å². The number of carbonyl (C=O) groups excluding carboxylic acids is 1. The number of H-pyrrole nitrogens is 1. The van der Waals surface area contributed by atoms with Crippen LogP contribution in [-0.2, 0) is 11.3 Å². The zero-order valence-electron chi connectivity index (χ0n) is 17.2. The Kier molecular flexibility index (Phi) is 6.44. The second kappa shape index (κ2) is 9.41. The van der Waals surface area contributed by atoms with Gasteiger partial charge in [-0.15, -0.1) is 0 Å². The van der Waals surface area contributed by atoms with E-state index in [4.69, 9.17) is 21.1 Å². The number of nitrogens with zero attached hydrogens (tertiary/aromatic N) is 1. The fraction of sp³-hybridized carbons (Fsp3) is 0.304. The maximum Gasteiger partial charge on any atom is 0.322 e. The van der Waals surface area contributed by atoms with Gasteiger partial charge in [0.25, 0.3) is 5.56 Å². The van der Waals surface area contributed by atoms with Crippen LogP contribution in [0.15, 0.2) is 53.3 Å². The molecule has 3 aromatic rings. The van der Waals surface area contributed by atoms with Crippen molar-refractivity contribution in [2.24, 2.45) is 0 Å². The number of fused-ring (bicyclic) bond motifs is 1. The van der Waals surface area contributed by atoms with Gasteiger partial charge in [0, 0.05) is 35.5 Å². The van der Waals surface area contributed by atoms with E-state index >= 15 is 0 Å². The maximum atomic E-state index is 13.0. The van der Waals surface area contributed by atoms with Gasteiger partial charge < -0.3 is 24.7 Å². The van der Waals surface area contributed by atoms with Crippen LogP contribution < -0.4 is 15.6 Å². The minimum atomic E-state index is -0.299. The molecule has 7 nitrogen and oxygen atoms in total. The monoisotopic (exact) mass is 441 g/mol. The van der Waals surface area contributed by atoms with Crippen LogP contribution in [0.25, 0.3) is 10.9 Å². The van der Waals surface area contributed by atoms with Crippen molar-refractivity contribution < 1.29 is 14.3 Å². The lowest BCUT2D eigenvalue weighted by molar-refractivity contribution is 0.0818. The number of anilines is 1. The number of halogens is 1. The van der Waals surface area contributed by atoms with Crippen molar-refractivity contribution in [1.29, 1.82) is 0 Å². The van der Waals surface area contributed by atoms with Crippen molar-refractivity contribution >= 4 is 34.2 Å². The highest BCUT2D eigenvalue weighted by atomic mass is 35.5. The van der Waals surface area contributed by atoms with Crippen molar-refractivity contribution in [2.45, 2.75) is 25.5 Å². The van der Waals surface area contributed by atoms with E-state index in [1.165, 1.54) is 0 Å². The molecule has 2 heterocycles. The third kappa shape index (κ3) is 5.18. The number of hydrogen-bond donors (Lipinski definition) is 2. The van der Waals surface area contributed by atoms with Crippen LogP contribution in [0.3, 0.4) is 0 Å². The van der Waals surface area contributed by atoms with Gasteiger partial charge in [0.15, 0.2) is 0 Å². The first-order chi connectivity index (χ1) is 15.0. The first-order valence-electron chi connectivity index (χ1n) is 10.1. The minimum Gasteiger partial charge on any atom is -0.497 e. The van der Waals surface area contributed by atoms with E-state index < -0.39 is 0 Å². The van der Waals surface area contributed by atoms with Gasteiger partial charge >= 0.3 is 6.03 Å². The van der Waals surface area contributed by atoms with E-state index in [0.717, 1.165) is 18.2 Å². The molecule has 0 unspecified atom stereocenters. The molecule has 2 N–H and O–H groups in total. The Morgan fingerprint density at radius 2 is 2.06 bits per heavy atom. The van der Waals surface area contributed by atoms with Crippen LogP contribution in [-0.4, -0.2) is 42.3 Å². The van der Waals surface area contributed by atoms with Gasteiger partial charge in [0.1, 0.15) is 5.75 Å². The summed E-state index contributed by atoms with van der Waals surface area (Å²) in [5, 5.41) is 4.34. The number of hydrogen-bond acceptors (Lipinski definition) is 4. The van der Waals surface area contributed by atoms with Crippen LogP contribution in [0.4, 0.5) is 10.5 Å². The Hall–Kier alpha value is -3.03. The second-order valence-electron chi connectivity index (χ2n) is 7.53. The minimum absolute atomic E-state index is 0.0419. The molecule has 4 rings (SSSR count). The molecule has 31 heavy (non-hydrogen) atoms. The fourth-order valence-electron chi connectivity index (χ4n) is 3.66. The third-order valence-electron chi connectivity index (χ3n) is 5.32. The lowest BCUT2D eigenvalue weighted by Gasteiger charge is -2.25. The lowest BCUT2D eigenvalue weighted by Crippen LogP contribution is -2.40. The number of ether oxygens (including phenoxy) is 2. The first kappa shape index (κ1) is 21.2. The van der Waals surface area contributed by atoms with Crippen LogP contribution in [0, 0.1) is 0 Å². The van der Waals surface area contributed by atoms with Gasteiger partial charge in [0.05, 0.1) is 25.3 Å². The highest BCUT2D eigenvalue weighted by Gasteiger charge is 2.24. The number of carbonyl (C=O) groups is 1. The van der Waals surface area contributed by atoms with Crippen LogP contribution in [0.1, 0.15) is 18.4 Å². The van der Waals surface area contributed by atoms with Crippen LogP contribution in [0.5, 0.6) is 5.75 Å². The predicted molar refractivity (Wildman–Crippen MR) is 121 cm³/mol. The van der Waals surface area contributed by atoms with E-state index in [2.05, 4.69) is 10.3 Å². The molecule has 2 aromatic carbocycles. The zero-order valence-corrected chi connectivity index (χ0v) is 17.9. The number of urea groups is 1. The van der Waals surface area contributed by atoms with Gasteiger partial charge in [-0.1, -0.05) is 11.6 Å². The van der Waals surface area contributed by atoms with E-state index in [-0.39, 0.29) is 24.2 Å². The predicted octanol–water partition coefficient (Wildman–Crippen LogP) is 4.40. The largest absolute Gasteiger partial charge is 0.497 e. The Morgan fingerprint density at radius 3 is 2.77 bits per heavy atom. The Labute approximate surface area is 184 Å². The summed E-state index contributed by atoms with van der Waals surface area (Å²) in [6.07, 6.45) is 1.81. The lowest BCUT2D eigenvalue weighted by atomic mass is 10.1. The molecule has 0 radical (unpaired) electrons. The maximum absolute atomic E-state index is 13.0. The summed E-state index contributed by atoms with van der Waals surface area (Å²) >= 11 is 5.93. The summed E-state index contributed by atoms with van der Waals surface area (Å²) in [5.41, 5.74) is 1.58. The van der Waals surface area contributed by atoms with E-state index in [1.807, 2.05) is 18.2 Å². The first-order valence-corrected chi connectivity index (χ1v) is 10.5. The van der Waals surface area contributed by atoms with Crippen LogP contribution >= 0.6 is 11.6 Å². The van der Waals surface area contributed by atoms with Crippen molar-refractivity contribution in [1.82, 2.24) is 9.88 Å². The molecule has 2 amide bonds. The molecular weight excluding hydrogens is 418 g/mol. The summed E-state index contributed by atoms with van der Waals surface area (Å²) in [6, 6.07) is 13.9. The normalized spacial score (nSPS) is 15.7. The molecule has 1 fully saturated rings. The molecule has 1 atom stereocenters. The number of nitrogens with one attached hydrogen (secondary N) is 2. The summed E-state index contributed by atoms with van der Waals surface area (Å²) in [4.78, 5) is 30.3. The Morgan fingerprint density at radius 1 is 1.26 bits per heavy atom. The number of rotatable bonds is 6. The molecule has 1 aliphatic heterocycles. The van der Waals surface area contributed by atoms with Gasteiger partial charge in [-0.25, -0.2) is 4.79 Å². The number of aromatic amines is 1. The molecular formula is C23H24ClN3O4.